The average Bonchev–Trinajstić information content (AvgIpc) is 0.677. The number of hydrogen-bond donors (Lipinski definition) is 0. The van der Waals surface area contributed by atoms with Crippen LogP contribution in [0, 0.1) is 0 Å². The van der Waals surface area contributed by atoms with Gasteiger partial charge in [-0.25, -0.2) is 0 Å². The predicted octanol–water partition coefficient (Wildman–Crippen LogP) is 21.2. The Labute approximate surface area is 563 Å². The molecule has 11 aromatic rings. The first-order chi connectivity index (χ1) is 45.2. The Balaban J connectivity index is 1.01. The van der Waals surface area contributed by atoms with Crippen molar-refractivity contribution in [3.05, 3.63) is 307 Å². The number of fused-ring (bicyclic) bond motifs is 14. The molecule has 0 unspecified atom stereocenters. The van der Waals surface area contributed by atoms with Crippen molar-refractivity contribution < 1.29 is 4.74 Å². The van der Waals surface area contributed by atoms with Gasteiger partial charge in [-0.15, -0.1) is 0 Å². The van der Waals surface area contributed by atoms with Gasteiger partial charge in [-0.1, -0.05) is 256 Å². The van der Waals surface area contributed by atoms with E-state index in [0.717, 1.165) is 39.9 Å². The van der Waals surface area contributed by atoms with Gasteiger partial charge >= 0.3 is 0 Å². The van der Waals surface area contributed by atoms with Gasteiger partial charge in [0.2, 0.25) is 0 Å². The molecule has 0 fully saturated rings. The van der Waals surface area contributed by atoms with Crippen molar-refractivity contribution in [3.8, 4) is 11.5 Å². The van der Waals surface area contributed by atoms with Crippen molar-refractivity contribution in [1.82, 2.24) is 0 Å². The van der Waals surface area contributed by atoms with E-state index in [1.807, 2.05) is 0 Å². The highest BCUT2D eigenvalue weighted by Crippen LogP contribution is 2.60. The molecule has 3 aliphatic heterocycles. The lowest BCUT2D eigenvalue weighted by atomic mass is 9.32. The molecule has 4 aliphatic carbocycles. The Bertz CT molecular complexity index is 4900. The lowest BCUT2D eigenvalue weighted by Gasteiger charge is -2.50. The topological polar surface area (TPSA) is 19.0 Å². The minimum absolute atomic E-state index is 0.182. The largest absolute Gasteiger partial charge is 0.453 e. The van der Waals surface area contributed by atoms with Crippen molar-refractivity contribution in [3.63, 3.8) is 0 Å². The van der Waals surface area contributed by atoms with Crippen LogP contribution in [-0.4, -0.2) is 6.71 Å². The molecule has 0 saturated carbocycles. The van der Waals surface area contributed by atoms with E-state index in [-0.39, 0.29) is 50.0 Å². The van der Waals surface area contributed by atoms with E-state index in [0.29, 0.717) is 0 Å². The summed E-state index contributed by atoms with van der Waals surface area (Å²) in [5.41, 5.74) is 34.0. The van der Waals surface area contributed by atoms with Gasteiger partial charge in [-0.2, -0.15) is 0 Å². The Hall–Kier alpha value is -9.32. The molecule has 0 amide bonds. The Morgan fingerprint density at radius 3 is 0.800 bits per heavy atom. The fourth-order valence-electron chi connectivity index (χ4n) is 19.7. The lowest BCUT2D eigenvalue weighted by molar-refractivity contribution is 0.477. The van der Waals surface area contributed by atoms with Crippen molar-refractivity contribution in [1.29, 1.82) is 0 Å². The fourth-order valence-corrected chi connectivity index (χ4v) is 19.7. The third-order valence-corrected chi connectivity index (χ3v) is 25.0. The Kier molecular flexibility index (Phi) is 11.5. The molecule has 0 spiro atoms. The van der Waals surface area contributed by atoms with Crippen molar-refractivity contribution in [2.24, 2.45) is 0 Å². The summed E-state index contributed by atoms with van der Waals surface area (Å²) >= 11 is 0. The summed E-state index contributed by atoms with van der Waals surface area (Å²) in [5, 5.41) is 0. The molecular weight excluding hydrogens is 1150 g/mol. The first-order valence-corrected chi connectivity index (χ1v) is 34.7. The molecule has 18 rings (SSSR count). The molecule has 0 aromatic heterocycles. The SMILES string of the molecule is CC1(C)c2ccccc2C(C)(C)c2cc(N3c4cc5c(cc4B4c6cc7c(cc6N(c6ccc8c(c6)C(C)(C)c6ccccc6C8(C)C)c6cc(N8c9ccccc9Oc9ccccc98)cc3c64)C(C)(C)c3ccccc3C7(C)C)C(C)(C)c3ccccc3C5(C)C)ccc21. The van der Waals surface area contributed by atoms with Crippen LogP contribution in [-0.2, 0) is 43.3 Å². The maximum absolute atomic E-state index is 6.89. The second-order valence-electron chi connectivity index (χ2n) is 32.9. The standard InChI is InChI=1S/C90H84BN3O/c1-83(2)56-29-17-19-31-58(56)85(5,6)66-45-53(41-43-64(66)83)92-76-51-70-68(87(9,10)60-33-21-23-35-62(60)89(70,13)14)49-72(76)91-73-50-69-71(90(15,16)63-36-24-22-34-61(63)88(69,11)12)52-77(73)93(54-42-44-65-67(46-54)86(7,8)59-32-20-18-30-57(59)84(65,3)4)79-48-55(47-78(92)82(79)91)94-74-37-25-27-39-80(74)95-81-40-28-26-38-75(81)94/h17-52H,1-16H3. The summed E-state index contributed by atoms with van der Waals surface area (Å²) in [6.45, 7) is 39.2. The number of hydrogen-bond acceptors (Lipinski definition) is 4. The molecule has 95 heavy (non-hydrogen) atoms. The number of anilines is 9. The van der Waals surface area contributed by atoms with Crippen molar-refractivity contribution in [2.45, 2.75) is 154 Å². The van der Waals surface area contributed by atoms with E-state index in [1.54, 1.807) is 0 Å². The zero-order valence-corrected chi connectivity index (χ0v) is 58.1. The van der Waals surface area contributed by atoms with Crippen LogP contribution in [0.1, 0.15) is 200 Å². The first-order valence-electron chi connectivity index (χ1n) is 34.7. The van der Waals surface area contributed by atoms with Crippen molar-refractivity contribution >= 4 is 74.3 Å². The first kappa shape index (κ1) is 58.3. The summed E-state index contributed by atoms with van der Waals surface area (Å²) in [6.07, 6.45) is 0. The maximum Gasteiger partial charge on any atom is 0.252 e. The van der Waals surface area contributed by atoms with E-state index < -0.39 is 0 Å². The third kappa shape index (κ3) is 7.45. The van der Waals surface area contributed by atoms with Gasteiger partial charge in [0.1, 0.15) is 0 Å². The van der Waals surface area contributed by atoms with Gasteiger partial charge in [0.05, 0.1) is 17.1 Å². The quantitative estimate of drug-likeness (QED) is 0.164. The highest BCUT2D eigenvalue weighted by atomic mass is 16.5. The summed E-state index contributed by atoms with van der Waals surface area (Å²) < 4.78 is 6.89. The second kappa shape index (κ2) is 18.8. The molecule has 0 atom stereocenters. The fraction of sp³-hybridized carbons (Fsp3) is 0.267. The lowest BCUT2D eigenvalue weighted by Crippen LogP contribution is -2.62. The summed E-state index contributed by atoms with van der Waals surface area (Å²) in [6, 6.07) is 85.2. The smallest absolute Gasteiger partial charge is 0.252 e. The third-order valence-electron chi connectivity index (χ3n) is 25.0. The monoisotopic (exact) mass is 1230 g/mol. The van der Waals surface area contributed by atoms with E-state index in [9.17, 15) is 0 Å². The van der Waals surface area contributed by atoms with Gasteiger partial charge in [0, 0.05) is 77.4 Å². The molecule has 0 bridgehead atoms. The highest BCUT2D eigenvalue weighted by molar-refractivity contribution is 7.00. The molecule has 0 N–H and O–H groups in total. The molecule has 0 radical (unpaired) electrons. The molecule has 11 aromatic carbocycles. The summed E-state index contributed by atoms with van der Waals surface area (Å²) in [7, 11) is 0. The molecule has 0 saturated heterocycles. The van der Waals surface area contributed by atoms with Crippen LogP contribution in [0.25, 0.3) is 0 Å². The maximum atomic E-state index is 6.89. The van der Waals surface area contributed by atoms with Gasteiger partial charge in [-0.05, 0) is 178 Å². The van der Waals surface area contributed by atoms with Gasteiger partial charge in [0.15, 0.2) is 11.5 Å². The van der Waals surface area contributed by atoms with E-state index in [2.05, 4.69) is 344 Å². The molecule has 468 valence electrons. The van der Waals surface area contributed by atoms with Crippen LogP contribution >= 0.6 is 0 Å². The van der Waals surface area contributed by atoms with Crippen LogP contribution in [0.15, 0.2) is 218 Å². The van der Waals surface area contributed by atoms with Gasteiger partial charge in [-0.3, -0.25) is 0 Å². The van der Waals surface area contributed by atoms with Crippen molar-refractivity contribution in [2.75, 3.05) is 14.7 Å². The van der Waals surface area contributed by atoms with Crippen LogP contribution in [0.4, 0.5) is 51.2 Å². The van der Waals surface area contributed by atoms with Crippen LogP contribution in [0.2, 0.25) is 0 Å². The molecular formula is C90H84BN3O. The number of rotatable bonds is 3. The van der Waals surface area contributed by atoms with E-state index in [1.165, 1.54) is 128 Å². The van der Waals surface area contributed by atoms with Gasteiger partial charge < -0.3 is 19.4 Å². The molecule has 7 aliphatic rings. The zero-order valence-electron chi connectivity index (χ0n) is 58.1. The number of benzene rings is 11. The van der Waals surface area contributed by atoms with Crippen LogP contribution < -0.4 is 35.8 Å². The molecule has 4 nitrogen and oxygen atoms in total. The van der Waals surface area contributed by atoms with Crippen LogP contribution in [0.5, 0.6) is 11.5 Å². The predicted molar refractivity (Wildman–Crippen MR) is 398 cm³/mol. The van der Waals surface area contributed by atoms with Crippen LogP contribution in [0.3, 0.4) is 0 Å². The highest BCUT2D eigenvalue weighted by Gasteiger charge is 2.52. The van der Waals surface area contributed by atoms with E-state index in [4.69, 9.17) is 4.74 Å². The Morgan fingerprint density at radius 1 is 0.221 bits per heavy atom. The minimum Gasteiger partial charge on any atom is -0.453 e. The number of para-hydroxylation sites is 4. The second-order valence-corrected chi connectivity index (χ2v) is 32.9. The van der Waals surface area contributed by atoms with Gasteiger partial charge in [0.25, 0.3) is 6.71 Å². The number of nitrogens with zero attached hydrogens (tertiary/aromatic N) is 3. The average molecular weight is 1230 g/mol. The number of ether oxygens (including phenoxy) is 1. The summed E-state index contributed by atoms with van der Waals surface area (Å²) in [5.74, 6) is 1.65. The Morgan fingerprint density at radius 2 is 0.474 bits per heavy atom. The van der Waals surface area contributed by atoms with E-state index >= 15 is 0 Å². The normalized spacial score (nSPS) is 19.0. The summed E-state index contributed by atoms with van der Waals surface area (Å²) in [4.78, 5) is 7.93. The molecule has 3 heterocycles. The zero-order chi connectivity index (χ0) is 65.8. The minimum atomic E-state index is -0.319. The molecule has 5 heteroatoms.